The van der Waals surface area contributed by atoms with Crippen LogP contribution >= 0.6 is 0 Å². The maximum atomic E-state index is 13.1. The van der Waals surface area contributed by atoms with Gasteiger partial charge in [0.1, 0.15) is 6.04 Å². The van der Waals surface area contributed by atoms with Crippen LogP contribution in [0.4, 0.5) is 0 Å². The van der Waals surface area contributed by atoms with Crippen LogP contribution < -0.4 is 5.32 Å². The summed E-state index contributed by atoms with van der Waals surface area (Å²) < 4.78 is 0. The Morgan fingerprint density at radius 1 is 1.17 bits per heavy atom. The fraction of sp³-hybridized carbons (Fsp3) is 0.526. The number of carbonyl (C=O) groups is 3. The second-order valence-corrected chi connectivity index (χ2v) is 8.15. The molecule has 24 heavy (non-hydrogen) atoms. The number of piperidine rings is 1. The zero-order valence-electron chi connectivity index (χ0n) is 14.3. The van der Waals surface area contributed by atoms with E-state index >= 15 is 0 Å². The summed E-state index contributed by atoms with van der Waals surface area (Å²) in [6.45, 7) is 6.45. The molecule has 0 bridgehead atoms. The SMILES string of the molecule is CC(C)(C)c1cccc2c1C1(CC1)N(C1CCC(=O)NC1=O)C2=O. The highest BCUT2D eigenvalue weighted by atomic mass is 16.2. The van der Waals surface area contributed by atoms with Crippen molar-refractivity contribution in [2.75, 3.05) is 0 Å². The lowest BCUT2D eigenvalue weighted by molar-refractivity contribution is -0.137. The molecule has 2 aliphatic heterocycles. The van der Waals surface area contributed by atoms with Crippen LogP contribution in [0.3, 0.4) is 0 Å². The van der Waals surface area contributed by atoms with E-state index in [1.807, 2.05) is 12.1 Å². The Bertz CT molecular complexity index is 771. The zero-order chi connectivity index (χ0) is 17.3. The average molecular weight is 326 g/mol. The van der Waals surface area contributed by atoms with Crippen LogP contribution in [0, 0.1) is 0 Å². The molecule has 1 atom stereocenters. The normalized spacial score (nSPS) is 25.0. The van der Waals surface area contributed by atoms with Gasteiger partial charge in [-0.25, -0.2) is 0 Å². The highest BCUT2D eigenvalue weighted by Gasteiger charge is 2.62. The van der Waals surface area contributed by atoms with Crippen LogP contribution in [0.15, 0.2) is 18.2 Å². The Balaban J connectivity index is 1.82. The van der Waals surface area contributed by atoms with Gasteiger partial charge < -0.3 is 4.90 Å². The molecule has 1 saturated heterocycles. The monoisotopic (exact) mass is 326 g/mol. The molecule has 0 aromatic heterocycles. The maximum absolute atomic E-state index is 13.1. The molecule has 1 spiro atoms. The first-order valence-corrected chi connectivity index (χ1v) is 8.57. The lowest BCUT2D eigenvalue weighted by Gasteiger charge is -2.36. The molecule has 3 aliphatic rings. The molecular weight excluding hydrogens is 304 g/mol. The van der Waals surface area contributed by atoms with Gasteiger partial charge in [0.2, 0.25) is 11.8 Å². The Morgan fingerprint density at radius 3 is 2.46 bits per heavy atom. The van der Waals surface area contributed by atoms with Crippen molar-refractivity contribution in [2.45, 2.75) is 63.5 Å². The number of benzene rings is 1. The van der Waals surface area contributed by atoms with E-state index in [4.69, 9.17) is 0 Å². The molecule has 1 unspecified atom stereocenters. The number of carbonyl (C=O) groups excluding carboxylic acids is 3. The highest BCUT2D eigenvalue weighted by Crippen LogP contribution is 2.59. The van der Waals surface area contributed by atoms with Crippen molar-refractivity contribution in [3.8, 4) is 0 Å². The molecule has 1 aromatic carbocycles. The molecule has 1 saturated carbocycles. The molecule has 2 heterocycles. The number of imide groups is 1. The summed E-state index contributed by atoms with van der Waals surface area (Å²) in [6, 6.07) is 5.36. The van der Waals surface area contributed by atoms with E-state index in [0.29, 0.717) is 12.8 Å². The Labute approximate surface area is 141 Å². The Kier molecular flexibility index (Phi) is 3.00. The van der Waals surface area contributed by atoms with Crippen molar-refractivity contribution in [1.82, 2.24) is 10.2 Å². The van der Waals surface area contributed by atoms with E-state index in [0.717, 1.165) is 24.0 Å². The Hall–Kier alpha value is -2.17. The van der Waals surface area contributed by atoms with Crippen molar-refractivity contribution in [2.24, 2.45) is 0 Å². The van der Waals surface area contributed by atoms with Crippen molar-refractivity contribution in [1.29, 1.82) is 0 Å². The summed E-state index contributed by atoms with van der Waals surface area (Å²) in [4.78, 5) is 38.7. The first kappa shape index (κ1) is 15.4. The van der Waals surface area contributed by atoms with Gasteiger partial charge in [0, 0.05) is 12.0 Å². The molecule has 3 amide bonds. The summed E-state index contributed by atoms with van der Waals surface area (Å²) in [6.07, 6.45) is 2.48. The largest absolute Gasteiger partial charge is 0.317 e. The number of rotatable bonds is 1. The van der Waals surface area contributed by atoms with E-state index in [2.05, 4.69) is 32.2 Å². The Morgan fingerprint density at radius 2 is 1.88 bits per heavy atom. The highest BCUT2D eigenvalue weighted by molar-refractivity contribution is 6.07. The van der Waals surface area contributed by atoms with Gasteiger partial charge in [-0.2, -0.15) is 0 Å². The topological polar surface area (TPSA) is 66.5 Å². The first-order chi connectivity index (χ1) is 11.3. The third kappa shape index (κ3) is 1.96. The third-order valence-electron chi connectivity index (χ3n) is 5.49. The third-order valence-corrected chi connectivity index (χ3v) is 5.49. The van der Waals surface area contributed by atoms with Crippen LogP contribution in [-0.4, -0.2) is 28.7 Å². The van der Waals surface area contributed by atoms with Crippen LogP contribution in [0.25, 0.3) is 0 Å². The van der Waals surface area contributed by atoms with E-state index in [1.54, 1.807) is 4.90 Å². The molecule has 2 fully saturated rings. The van der Waals surface area contributed by atoms with Crippen molar-refractivity contribution < 1.29 is 14.4 Å². The van der Waals surface area contributed by atoms with Crippen molar-refractivity contribution in [3.05, 3.63) is 34.9 Å². The number of amides is 3. The second kappa shape index (κ2) is 4.68. The molecule has 126 valence electrons. The maximum Gasteiger partial charge on any atom is 0.255 e. The van der Waals surface area contributed by atoms with Crippen molar-refractivity contribution in [3.63, 3.8) is 0 Å². The van der Waals surface area contributed by atoms with E-state index < -0.39 is 6.04 Å². The number of fused-ring (bicyclic) bond motifs is 2. The minimum Gasteiger partial charge on any atom is -0.317 e. The summed E-state index contributed by atoms with van der Waals surface area (Å²) in [5.41, 5.74) is 2.60. The predicted molar refractivity (Wildman–Crippen MR) is 88.4 cm³/mol. The molecular formula is C19H22N2O3. The van der Waals surface area contributed by atoms with Crippen LogP contribution in [0.5, 0.6) is 0 Å². The van der Waals surface area contributed by atoms with E-state index in [9.17, 15) is 14.4 Å². The van der Waals surface area contributed by atoms with E-state index in [1.165, 1.54) is 5.56 Å². The fourth-order valence-corrected chi connectivity index (χ4v) is 4.28. The van der Waals surface area contributed by atoms with Crippen LogP contribution in [-0.2, 0) is 20.5 Å². The lowest BCUT2D eigenvalue weighted by Crippen LogP contribution is -2.55. The molecule has 5 nitrogen and oxygen atoms in total. The molecule has 0 radical (unpaired) electrons. The van der Waals surface area contributed by atoms with Gasteiger partial charge in [-0.05, 0) is 41.9 Å². The van der Waals surface area contributed by atoms with Gasteiger partial charge in [-0.1, -0.05) is 32.9 Å². The molecule has 1 N–H and O–H groups in total. The van der Waals surface area contributed by atoms with Gasteiger partial charge in [0.15, 0.2) is 0 Å². The second-order valence-electron chi connectivity index (χ2n) is 8.15. The van der Waals surface area contributed by atoms with Gasteiger partial charge >= 0.3 is 0 Å². The summed E-state index contributed by atoms with van der Waals surface area (Å²) in [7, 11) is 0. The first-order valence-electron chi connectivity index (χ1n) is 8.57. The van der Waals surface area contributed by atoms with Crippen LogP contribution in [0.1, 0.15) is 67.9 Å². The van der Waals surface area contributed by atoms with Gasteiger partial charge in [-0.15, -0.1) is 0 Å². The van der Waals surface area contributed by atoms with Gasteiger partial charge in [-0.3, -0.25) is 19.7 Å². The average Bonchev–Trinajstić information content (AvgIpc) is 3.24. The fourth-order valence-electron chi connectivity index (χ4n) is 4.28. The molecule has 1 aromatic rings. The summed E-state index contributed by atoms with van der Waals surface area (Å²) >= 11 is 0. The predicted octanol–water partition coefficient (Wildman–Crippen LogP) is 2.23. The minimum atomic E-state index is -0.544. The molecule has 4 rings (SSSR count). The number of hydrogen-bond acceptors (Lipinski definition) is 3. The number of nitrogens with one attached hydrogen (secondary N) is 1. The molecule has 1 aliphatic carbocycles. The number of nitrogens with zero attached hydrogens (tertiary/aromatic N) is 1. The van der Waals surface area contributed by atoms with Crippen LogP contribution in [0.2, 0.25) is 0 Å². The van der Waals surface area contributed by atoms with Gasteiger partial charge in [0.05, 0.1) is 5.54 Å². The smallest absolute Gasteiger partial charge is 0.255 e. The molecule has 5 heteroatoms. The van der Waals surface area contributed by atoms with Gasteiger partial charge in [0.25, 0.3) is 5.91 Å². The van der Waals surface area contributed by atoms with Crippen molar-refractivity contribution >= 4 is 17.7 Å². The zero-order valence-corrected chi connectivity index (χ0v) is 14.3. The minimum absolute atomic E-state index is 0.0666. The lowest BCUT2D eigenvalue weighted by atomic mass is 9.80. The van der Waals surface area contributed by atoms with E-state index in [-0.39, 0.29) is 28.7 Å². The standard InChI is InChI=1S/C19H22N2O3/c1-18(2,3)12-6-4-5-11-15(12)19(9-10-19)21(17(11)24)13-7-8-14(22)20-16(13)23/h4-6,13H,7-10H2,1-3H3,(H,20,22,23). The number of hydrogen-bond donors (Lipinski definition) is 1. The quantitative estimate of drug-likeness (QED) is 0.805. The summed E-state index contributed by atoms with van der Waals surface area (Å²) in [5.74, 6) is -0.653. The summed E-state index contributed by atoms with van der Waals surface area (Å²) in [5, 5.41) is 2.39.